The van der Waals surface area contributed by atoms with Gasteiger partial charge in [-0.2, -0.15) is 0 Å². The van der Waals surface area contributed by atoms with Gasteiger partial charge >= 0.3 is 5.97 Å². The minimum absolute atomic E-state index is 0.166. The third-order valence-corrected chi connectivity index (χ3v) is 8.78. The van der Waals surface area contributed by atoms with Gasteiger partial charge in [-0.3, -0.25) is 4.79 Å². The van der Waals surface area contributed by atoms with Crippen molar-refractivity contribution in [3.8, 4) is 0 Å². The van der Waals surface area contributed by atoms with Gasteiger partial charge in [0, 0.05) is 23.2 Å². The third-order valence-electron chi connectivity index (χ3n) is 8.78. The zero-order chi connectivity index (χ0) is 19.5. The fourth-order valence-electron chi connectivity index (χ4n) is 7.70. The number of allylic oxidation sites excluding steroid dienone is 1. The molecule has 27 heavy (non-hydrogen) atoms. The lowest BCUT2D eigenvalue weighted by atomic mass is 9.38. The van der Waals surface area contributed by atoms with Crippen LogP contribution in [0.4, 0.5) is 0 Å². The number of aliphatic hydroxyl groups excluding tert-OH is 3. The fraction of sp³-hybridized carbons (Fsp3) is 0.850. The summed E-state index contributed by atoms with van der Waals surface area (Å²) in [5, 5.41) is 44.1. The van der Waals surface area contributed by atoms with E-state index in [0.717, 1.165) is 5.57 Å². The van der Waals surface area contributed by atoms with E-state index in [1.54, 1.807) is 6.08 Å². The molecule has 0 amide bonds. The number of hydrogen-bond donors (Lipinski definition) is 4. The lowest BCUT2D eigenvalue weighted by Crippen LogP contribution is -2.76. The van der Waals surface area contributed by atoms with Crippen molar-refractivity contribution in [3.63, 3.8) is 0 Å². The van der Waals surface area contributed by atoms with Crippen LogP contribution in [0.5, 0.6) is 0 Å². The van der Waals surface area contributed by atoms with Crippen molar-refractivity contribution < 1.29 is 34.7 Å². The molecule has 11 atom stereocenters. The molecule has 0 aromatic heterocycles. The number of rotatable bonds is 0. The fourth-order valence-corrected chi connectivity index (χ4v) is 7.70. The average Bonchev–Trinajstić information content (AvgIpc) is 2.90. The lowest BCUT2D eigenvalue weighted by molar-refractivity contribution is -0.337. The highest BCUT2D eigenvalue weighted by Gasteiger charge is 2.81. The Bertz CT molecular complexity index is 736. The summed E-state index contributed by atoms with van der Waals surface area (Å²) in [6.07, 6.45) is -1.46. The van der Waals surface area contributed by atoms with Crippen molar-refractivity contribution >= 4 is 5.97 Å². The molecule has 5 aliphatic rings. The smallest absolute Gasteiger partial charge is 0.306 e. The largest absolute Gasteiger partial charge is 0.462 e. The molecule has 4 N–H and O–H groups in total. The maximum Gasteiger partial charge on any atom is 0.306 e. The Kier molecular flexibility index (Phi) is 3.43. The van der Waals surface area contributed by atoms with Crippen molar-refractivity contribution in [2.24, 2.45) is 34.5 Å². The molecule has 5 rings (SSSR count). The summed E-state index contributed by atoms with van der Waals surface area (Å²) in [7, 11) is 0. The molecule has 0 unspecified atom stereocenters. The van der Waals surface area contributed by atoms with Crippen molar-refractivity contribution in [2.75, 3.05) is 6.61 Å². The maximum atomic E-state index is 12.3. The van der Waals surface area contributed by atoms with Gasteiger partial charge in [-0.05, 0) is 31.1 Å². The van der Waals surface area contributed by atoms with E-state index < -0.39 is 47.0 Å². The summed E-state index contributed by atoms with van der Waals surface area (Å²) in [6.45, 7) is 5.79. The van der Waals surface area contributed by atoms with Gasteiger partial charge in [0.15, 0.2) is 5.79 Å². The van der Waals surface area contributed by atoms with Gasteiger partial charge in [0.05, 0.1) is 18.8 Å². The first kappa shape index (κ1) is 18.1. The van der Waals surface area contributed by atoms with Crippen LogP contribution in [0.1, 0.15) is 33.6 Å². The summed E-state index contributed by atoms with van der Waals surface area (Å²) in [6, 6.07) is 0. The SMILES string of the molecule is CC1=C[C@H](O)[C@@H](O)[C@@]2(C)[C@@H]1C[C@H]1OC(=O)C[C@H]3[C@@H](C)[C@@H](O)[C@]4(O)OC[C@]13[C@H]42. The van der Waals surface area contributed by atoms with Crippen molar-refractivity contribution in [1.29, 1.82) is 0 Å². The van der Waals surface area contributed by atoms with E-state index in [1.165, 1.54) is 0 Å². The molecule has 2 heterocycles. The number of carbonyl (C=O) groups is 1. The quantitative estimate of drug-likeness (QED) is 0.344. The van der Waals surface area contributed by atoms with Gasteiger partial charge in [-0.15, -0.1) is 0 Å². The molecule has 3 aliphatic carbocycles. The van der Waals surface area contributed by atoms with Crippen molar-refractivity contribution in [3.05, 3.63) is 11.6 Å². The van der Waals surface area contributed by atoms with Crippen LogP contribution < -0.4 is 0 Å². The first-order valence-electron chi connectivity index (χ1n) is 9.86. The average molecular weight is 380 g/mol. The Morgan fingerprint density at radius 3 is 2.63 bits per heavy atom. The summed E-state index contributed by atoms with van der Waals surface area (Å²) < 4.78 is 11.7. The summed E-state index contributed by atoms with van der Waals surface area (Å²) in [4.78, 5) is 12.3. The van der Waals surface area contributed by atoms with Crippen molar-refractivity contribution in [2.45, 2.75) is 63.8 Å². The topological polar surface area (TPSA) is 116 Å². The van der Waals surface area contributed by atoms with Crippen LogP contribution in [-0.2, 0) is 14.3 Å². The van der Waals surface area contributed by atoms with Gasteiger partial charge < -0.3 is 29.9 Å². The highest BCUT2D eigenvalue weighted by atomic mass is 16.6. The molecule has 2 bridgehead atoms. The Labute approximate surface area is 158 Å². The maximum absolute atomic E-state index is 12.3. The minimum Gasteiger partial charge on any atom is -0.462 e. The van der Waals surface area contributed by atoms with Gasteiger partial charge in [0.1, 0.15) is 12.2 Å². The molecule has 0 aromatic carbocycles. The first-order chi connectivity index (χ1) is 12.6. The molecule has 4 fully saturated rings. The van der Waals surface area contributed by atoms with Gasteiger partial charge in [0.25, 0.3) is 0 Å². The first-order valence-corrected chi connectivity index (χ1v) is 9.86. The van der Waals surface area contributed by atoms with E-state index in [-0.39, 0.29) is 36.8 Å². The van der Waals surface area contributed by atoms with E-state index in [0.29, 0.717) is 6.42 Å². The van der Waals surface area contributed by atoms with Crippen LogP contribution in [0.3, 0.4) is 0 Å². The van der Waals surface area contributed by atoms with E-state index in [2.05, 4.69) is 0 Å². The number of hydrogen-bond acceptors (Lipinski definition) is 7. The van der Waals surface area contributed by atoms with Gasteiger partial charge in [-0.25, -0.2) is 0 Å². The monoisotopic (exact) mass is 380 g/mol. The van der Waals surface area contributed by atoms with Crippen LogP contribution >= 0.6 is 0 Å². The minimum atomic E-state index is -1.84. The van der Waals surface area contributed by atoms with Crippen LogP contribution in [-0.4, -0.2) is 63.2 Å². The molecule has 1 spiro atoms. The zero-order valence-electron chi connectivity index (χ0n) is 15.8. The van der Waals surface area contributed by atoms with E-state index in [4.69, 9.17) is 9.47 Å². The summed E-state index contributed by atoms with van der Waals surface area (Å²) in [5.41, 5.74) is -0.687. The highest BCUT2D eigenvalue weighted by molar-refractivity contribution is 5.71. The van der Waals surface area contributed by atoms with E-state index in [9.17, 15) is 25.2 Å². The molecular weight excluding hydrogens is 352 g/mol. The van der Waals surface area contributed by atoms with E-state index in [1.807, 2.05) is 20.8 Å². The van der Waals surface area contributed by atoms with Crippen LogP contribution in [0.15, 0.2) is 11.6 Å². The van der Waals surface area contributed by atoms with Crippen LogP contribution in [0.25, 0.3) is 0 Å². The van der Waals surface area contributed by atoms with Crippen LogP contribution in [0, 0.1) is 34.5 Å². The molecule has 7 nitrogen and oxygen atoms in total. The predicted molar refractivity (Wildman–Crippen MR) is 92.0 cm³/mol. The van der Waals surface area contributed by atoms with E-state index >= 15 is 0 Å². The number of esters is 1. The summed E-state index contributed by atoms with van der Waals surface area (Å²) in [5.74, 6) is -3.53. The molecule has 2 aliphatic heterocycles. The number of carbonyl (C=O) groups excluding carboxylic acids is 1. The standard InChI is InChI=1S/C20H28O7/c1-8-4-12(21)16(24)18(3)10(8)5-13-19-7-26-20(25,17(18)19)15(23)9(2)11(19)6-14(22)27-13/h4,9-13,15-17,21,23-25H,5-7H2,1-3H3/t9-,10-,11+,12+,13-,15-,16-,17-,18-,19-,20+/m1/s1. The van der Waals surface area contributed by atoms with Gasteiger partial charge in [-0.1, -0.05) is 25.5 Å². The summed E-state index contributed by atoms with van der Waals surface area (Å²) >= 11 is 0. The molecule has 0 aromatic rings. The second-order valence-electron chi connectivity index (χ2n) is 9.68. The van der Waals surface area contributed by atoms with Crippen LogP contribution in [0.2, 0.25) is 0 Å². The van der Waals surface area contributed by atoms with Crippen molar-refractivity contribution in [1.82, 2.24) is 0 Å². The third kappa shape index (κ3) is 1.79. The second kappa shape index (κ2) is 5.13. The molecule has 0 radical (unpaired) electrons. The Morgan fingerprint density at radius 1 is 1.22 bits per heavy atom. The molecule has 2 saturated heterocycles. The highest BCUT2D eigenvalue weighted by Crippen LogP contribution is 2.73. The molecule has 2 saturated carbocycles. The zero-order valence-corrected chi connectivity index (χ0v) is 15.8. The molecule has 150 valence electrons. The predicted octanol–water partition coefficient (Wildman–Crippen LogP) is -0.0420. The Hall–Kier alpha value is -0.990. The normalized spacial score (nSPS) is 61.6. The lowest BCUT2D eigenvalue weighted by Gasteiger charge is -2.68. The molecule has 7 heteroatoms. The second-order valence-corrected chi connectivity index (χ2v) is 9.68. The number of ether oxygens (including phenoxy) is 2. The number of fused-ring (bicyclic) bond motifs is 1. The Balaban J connectivity index is 1.77. The number of aliphatic hydroxyl groups is 4. The van der Waals surface area contributed by atoms with Gasteiger partial charge in [0.2, 0.25) is 0 Å². The molecular formula is C20H28O7. The Morgan fingerprint density at radius 2 is 1.93 bits per heavy atom.